The predicted molar refractivity (Wildman–Crippen MR) is 88.4 cm³/mol. The summed E-state index contributed by atoms with van der Waals surface area (Å²) in [7, 11) is -4.44. The van der Waals surface area contributed by atoms with Crippen molar-refractivity contribution in [3.05, 3.63) is 42.0 Å². The van der Waals surface area contributed by atoms with Crippen LogP contribution in [-0.2, 0) is 39.0 Å². The normalized spacial score (nSPS) is 11.8. The summed E-state index contributed by atoms with van der Waals surface area (Å²) in [4.78, 5) is 10.5. The third kappa shape index (κ3) is 6.56. The smallest absolute Gasteiger partial charge is 1.00 e. The van der Waals surface area contributed by atoms with E-state index < -0.39 is 25.4 Å². The number of esters is 1. The topological polar surface area (TPSA) is 104 Å². The fourth-order valence-electron chi connectivity index (χ4n) is 2.22. The van der Waals surface area contributed by atoms with Crippen LogP contribution in [-0.4, -0.2) is 29.4 Å². The van der Waals surface area contributed by atoms with Crippen LogP contribution in [0.3, 0.4) is 0 Å². The van der Waals surface area contributed by atoms with Crippen LogP contribution < -0.4 is 51.4 Å². The van der Waals surface area contributed by atoms with Crippen LogP contribution in [0.5, 0.6) is 0 Å². The van der Waals surface area contributed by atoms with Gasteiger partial charge >= 0.3 is 76.8 Å². The van der Waals surface area contributed by atoms with Crippen LogP contribution in [0.25, 0.3) is 10.8 Å². The maximum atomic E-state index is 12.1. The van der Waals surface area contributed by atoms with Crippen molar-refractivity contribution in [2.45, 2.75) is 18.2 Å². The van der Waals surface area contributed by atoms with Crippen LogP contribution in [0.2, 0.25) is 0 Å². The number of carbonyl (C=O) groups excluding carboxylic acids is 1. The van der Waals surface area contributed by atoms with Gasteiger partial charge in [0.05, 0.1) is 17.3 Å². The molecule has 0 aliphatic carbocycles. The first-order chi connectivity index (χ1) is 11.1. The second kappa shape index (κ2) is 9.24. The summed E-state index contributed by atoms with van der Waals surface area (Å²) in [6.45, 7) is 1.43. The molecule has 0 fully saturated rings. The average Bonchev–Trinajstić information content (AvgIpc) is 2.44. The first-order valence-corrected chi connectivity index (χ1v) is 10.3. The van der Waals surface area contributed by atoms with E-state index in [1.807, 2.05) is 0 Å². The molecule has 0 bridgehead atoms. The van der Waals surface area contributed by atoms with Gasteiger partial charge in [-0.25, -0.2) is 0 Å². The number of halogens is 1. The molecule has 11 heteroatoms. The maximum Gasteiger partial charge on any atom is 1.00 e. The zero-order valence-corrected chi connectivity index (χ0v) is 18.9. The molecule has 0 aliphatic rings. The van der Waals surface area contributed by atoms with Crippen molar-refractivity contribution in [1.29, 1.82) is 0 Å². The Bertz CT molecular complexity index is 994. The molecule has 2 rings (SSSR count). The Morgan fingerprint density at radius 1 is 1.08 bits per heavy atom. The molecule has 132 valence electrons. The van der Waals surface area contributed by atoms with Crippen molar-refractivity contribution < 1.29 is 82.8 Å². The minimum atomic E-state index is -4.71. The van der Waals surface area contributed by atoms with Gasteiger partial charge in [0.1, 0.15) is 4.90 Å². The molecule has 0 atom stereocenters. The Labute approximate surface area is 194 Å². The number of ether oxygens (including phenoxy) is 1. The van der Waals surface area contributed by atoms with E-state index in [0.29, 0.717) is 11.8 Å². The fraction of sp³-hybridized carbons (Fsp3) is 0.214. The molecule has 0 saturated carbocycles. The molecule has 0 heterocycles. The standard InChI is InChI=1S/C14H13ClO7S2.K.H/c1-10(16)21-9-8-11-6-7-14(13-5-3-2-4-12(11)13)23(17,18)22-24(15,19)20;;/h2-7H,8-9H2,1H3;;/q;+1;-1. The number of carbonyl (C=O) groups is 1. The van der Waals surface area contributed by atoms with Gasteiger partial charge in [0.15, 0.2) is 0 Å². The summed E-state index contributed by atoms with van der Waals surface area (Å²) >= 11 is 0. The van der Waals surface area contributed by atoms with Crippen molar-refractivity contribution in [3.8, 4) is 0 Å². The van der Waals surface area contributed by atoms with Gasteiger partial charge in [-0.05, 0) is 17.0 Å². The number of hydrogen-bond donors (Lipinski definition) is 0. The van der Waals surface area contributed by atoms with E-state index in [9.17, 15) is 21.6 Å². The van der Waals surface area contributed by atoms with Crippen molar-refractivity contribution in [2.24, 2.45) is 0 Å². The second-order valence-electron chi connectivity index (χ2n) is 4.77. The number of benzene rings is 2. The van der Waals surface area contributed by atoms with E-state index in [0.717, 1.165) is 5.56 Å². The van der Waals surface area contributed by atoms with Gasteiger partial charge in [-0.3, -0.25) is 4.79 Å². The molecule has 2 aromatic rings. The third-order valence-electron chi connectivity index (χ3n) is 3.09. The Balaban J connectivity index is 0.00000312. The van der Waals surface area contributed by atoms with Crippen LogP contribution in [0.15, 0.2) is 41.3 Å². The van der Waals surface area contributed by atoms with Gasteiger partial charge < -0.3 is 6.16 Å². The molecule has 0 aliphatic heterocycles. The van der Waals surface area contributed by atoms with E-state index in [4.69, 9.17) is 15.4 Å². The van der Waals surface area contributed by atoms with E-state index in [-0.39, 0.29) is 69.7 Å². The quantitative estimate of drug-likeness (QED) is 0.336. The van der Waals surface area contributed by atoms with Gasteiger partial charge in [-0.1, -0.05) is 30.3 Å². The van der Waals surface area contributed by atoms with Gasteiger partial charge in [-0.2, -0.15) is 16.8 Å². The largest absolute Gasteiger partial charge is 1.00 e. The summed E-state index contributed by atoms with van der Waals surface area (Å²) in [5.74, 6) is -0.417. The minimum Gasteiger partial charge on any atom is -1.00 e. The summed E-state index contributed by atoms with van der Waals surface area (Å²) in [5.41, 5.74) is 0.736. The summed E-state index contributed by atoms with van der Waals surface area (Å²) < 4.78 is 55.0. The zero-order chi connectivity index (χ0) is 18.0. The Morgan fingerprint density at radius 2 is 1.68 bits per heavy atom. The fourth-order valence-corrected chi connectivity index (χ4v) is 4.66. The first-order valence-electron chi connectivity index (χ1n) is 6.65. The maximum absolute atomic E-state index is 12.1. The van der Waals surface area contributed by atoms with Gasteiger partial charge in [-0.15, -0.1) is 3.63 Å². The van der Waals surface area contributed by atoms with Crippen molar-refractivity contribution in [2.75, 3.05) is 6.61 Å². The number of rotatable bonds is 6. The molecule has 0 unspecified atom stereocenters. The molecule has 7 nitrogen and oxygen atoms in total. The predicted octanol–water partition coefficient (Wildman–Crippen LogP) is -0.749. The van der Waals surface area contributed by atoms with E-state index in [1.165, 1.54) is 25.1 Å². The van der Waals surface area contributed by atoms with Crippen molar-refractivity contribution in [3.63, 3.8) is 0 Å². The minimum absolute atomic E-state index is 0. The Morgan fingerprint density at radius 3 is 2.24 bits per heavy atom. The molecule has 2 aromatic carbocycles. The van der Waals surface area contributed by atoms with E-state index >= 15 is 0 Å². The number of hydrogen-bond acceptors (Lipinski definition) is 7. The van der Waals surface area contributed by atoms with Gasteiger partial charge in [0.2, 0.25) is 0 Å². The van der Waals surface area contributed by atoms with Crippen molar-refractivity contribution in [1.82, 2.24) is 0 Å². The zero-order valence-electron chi connectivity index (χ0n) is 14.4. The number of fused-ring (bicyclic) bond motifs is 1. The molecule has 0 spiro atoms. The monoisotopic (exact) mass is 432 g/mol. The molecular weight excluding hydrogens is 419 g/mol. The second-order valence-corrected chi connectivity index (χ2v) is 8.59. The van der Waals surface area contributed by atoms with Crippen molar-refractivity contribution >= 4 is 46.9 Å². The van der Waals surface area contributed by atoms with E-state index in [2.05, 4.69) is 3.63 Å². The van der Waals surface area contributed by atoms with Crippen LogP contribution in [0.1, 0.15) is 13.9 Å². The Kier molecular flexibility index (Phi) is 8.50. The molecule has 0 amide bonds. The van der Waals surface area contributed by atoms with Crippen LogP contribution in [0.4, 0.5) is 0 Å². The van der Waals surface area contributed by atoms with Crippen LogP contribution >= 0.6 is 10.7 Å². The van der Waals surface area contributed by atoms with Gasteiger partial charge in [0, 0.05) is 18.7 Å². The molecule has 0 saturated heterocycles. The summed E-state index contributed by atoms with van der Waals surface area (Å²) in [6.07, 6.45) is 0.370. The molecular formula is C14H14ClKO7S2. The average molecular weight is 433 g/mol. The SMILES string of the molecule is CC(=O)OCCc1ccc(S(=O)(=O)OS(=O)(=O)Cl)c2ccccc12.[H-].[K+]. The van der Waals surface area contributed by atoms with E-state index in [1.54, 1.807) is 18.2 Å². The van der Waals surface area contributed by atoms with Gasteiger partial charge in [0.25, 0.3) is 0 Å². The molecule has 0 aromatic heterocycles. The summed E-state index contributed by atoms with van der Waals surface area (Å²) in [5, 5.41) is 0.847. The summed E-state index contributed by atoms with van der Waals surface area (Å²) in [6, 6.07) is 9.22. The molecule has 0 radical (unpaired) electrons. The molecule has 0 N–H and O–H groups in total. The molecule has 25 heavy (non-hydrogen) atoms. The van der Waals surface area contributed by atoms with Crippen LogP contribution in [0, 0.1) is 0 Å². The third-order valence-corrected chi connectivity index (χ3v) is 5.82. The first kappa shape index (κ1) is 23.0. The Hall–Kier alpha value is -0.0436.